The third kappa shape index (κ3) is 1.68. The number of aliphatic carboxylic acids is 1. The van der Waals surface area contributed by atoms with Crippen molar-refractivity contribution < 1.29 is 14.8 Å². The van der Waals surface area contributed by atoms with E-state index < -0.39 is 16.9 Å². The minimum absolute atomic E-state index is 0.00576. The van der Waals surface area contributed by atoms with Crippen LogP contribution in [0.2, 0.25) is 0 Å². The summed E-state index contributed by atoms with van der Waals surface area (Å²) in [6.07, 6.45) is 4.61. The standard InChI is InChI=1S/C14H14N2O4/c1-7-11(16(19)20)6-5-10-8-3-2-4-9(8)13(14(17)18)15-12(7)10/h2-3,5-6,8-9,13,15H,4H2,1H3,(H,17,18)/p-1/t8-,9+,13-/m0/s1. The van der Waals surface area contributed by atoms with Crippen LogP contribution in [0.5, 0.6) is 0 Å². The molecule has 2 aliphatic rings. The molecule has 1 aromatic rings. The number of anilines is 1. The largest absolute Gasteiger partial charge is 0.548 e. The summed E-state index contributed by atoms with van der Waals surface area (Å²) < 4.78 is 0. The Balaban J connectivity index is 2.15. The van der Waals surface area contributed by atoms with E-state index in [2.05, 4.69) is 5.32 Å². The molecule has 0 fully saturated rings. The lowest BCUT2D eigenvalue weighted by molar-refractivity contribution is -0.385. The van der Waals surface area contributed by atoms with Crippen LogP contribution < -0.4 is 10.4 Å². The Kier molecular flexibility index (Phi) is 2.74. The number of carbonyl (C=O) groups excluding carboxylic acids is 1. The summed E-state index contributed by atoms with van der Waals surface area (Å²) in [5, 5.41) is 25.2. The van der Waals surface area contributed by atoms with Gasteiger partial charge in [0.1, 0.15) is 0 Å². The first-order valence-corrected chi connectivity index (χ1v) is 6.42. The zero-order valence-corrected chi connectivity index (χ0v) is 10.8. The van der Waals surface area contributed by atoms with Crippen LogP contribution in [-0.4, -0.2) is 16.9 Å². The van der Waals surface area contributed by atoms with Crippen LogP contribution in [0.15, 0.2) is 24.3 Å². The van der Waals surface area contributed by atoms with Gasteiger partial charge in [-0.1, -0.05) is 12.2 Å². The van der Waals surface area contributed by atoms with Crippen molar-refractivity contribution in [3.05, 3.63) is 45.5 Å². The van der Waals surface area contributed by atoms with E-state index in [0.717, 1.165) is 5.56 Å². The lowest BCUT2D eigenvalue weighted by Crippen LogP contribution is -2.49. The predicted molar refractivity (Wildman–Crippen MR) is 70.2 cm³/mol. The van der Waals surface area contributed by atoms with E-state index in [-0.39, 0.29) is 17.5 Å². The number of allylic oxidation sites excluding steroid dienone is 2. The minimum atomic E-state index is -1.17. The van der Waals surface area contributed by atoms with Crippen LogP contribution in [0.4, 0.5) is 11.4 Å². The van der Waals surface area contributed by atoms with Crippen LogP contribution in [-0.2, 0) is 4.79 Å². The molecular formula is C14H13N2O4-. The minimum Gasteiger partial charge on any atom is -0.548 e. The summed E-state index contributed by atoms with van der Waals surface area (Å²) >= 11 is 0. The molecule has 1 aromatic carbocycles. The number of fused-ring (bicyclic) bond motifs is 3. The van der Waals surface area contributed by atoms with Gasteiger partial charge in [0.2, 0.25) is 0 Å². The Morgan fingerprint density at radius 2 is 2.20 bits per heavy atom. The van der Waals surface area contributed by atoms with E-state index in [9.17, 15) is 20.0 Å². The van der Waals surface area contributed by atoms with E-state index in [1.54, 1.807) is 13.0 Å². The van der Waals surface area contributed by atoms with Crippen LogP contribution in [0.25, 0.3) is 0 Å². The molecule has 20 heavy (non-hydrogen) atoms. The monoisotopic (exact) mass is 273 g/mol. The molecule has 1 aliphatic heterocycles. The molecule has 0 unspecified atom stereocenters. The van der Waals surface area contributed by atoms with Gasteiger partial charge in [-0.3, -0.25) is 10.1 Å². The lowest BCUT2D eigenvalue weighted by Gasteiger charge is -2.38. The highest BCUT2D eigenvalue weighted by atomic mass is 16.6. The average molecular weight is 273 g/mol. The zero-order valence-electron chi connectivity index (χ0n) is 10.8. The first kappa shape index (κ1) is 12.7. The normalized spacial score (nSPS) is 26.6. The number of carbonyl (C=O) groups is 1. The number of hydrogen-bond acceptors (Lipinski definition) is 5. The first-order chi connectivity index (χ1) is 9.50. The molecule has 1 N–H and O–H groups in total. The molecule has 6 heteroatoms. The molecule has 1 aliphatic carbocycles. The number of nitrogens with zero attached hydrogens (tertiary/aromatic N) is 1. The van der Waals surface area contributed by atoms with Crippen LogP contribution in [0.1, 0.15) is 23.5 Å². The zero-order chi connectivity index (χ0) is 14.4. The van der Waals surface area contributed by atoms with E-state index in [4.69, 9.17) is 0 Å². The molecule has 0 spiro atoms. The van der Waals surface area contributed by atoms with Crippen LogP contribution in [0, 0.1) is 23.0 Å². The van der Waals surface area contributed by atoms with Crippen molar-refractivity contribution in [1.82, 2.24) is 0 Å². The smallest absolute Gasteiger partial charge is 0.274 e. The summed E-state index contributed by atoms with van der Waals surface area (Å²) in [4.78, 5) is 21.8. The Labute approximate surface area is 115 Å². The van der Waals surface area contributed by atoms with Crippen molar-refractivity contribution in [2.45, 2.75) is 25.3 Å². The van der Waals surface area contributed by atoms with Crippen LogP contribution >= 0.6 is 0 Å². The Morgan fingerprint density at radius 3 is 2.85 bits per heavy atom. The van der Waals surface area contributed by atoms with Crippen molar-refractivity contribution in [3.8, 4) is 0 Å². The van der Waals surface area contributed by atoms with Gasteiger partial charge in [-0.15, -0.1) is 0 Å². The molecule has 1 heterocycles. The lowest BCUT2D eigenvalue weighted by atomic mass is 9.78. The fourth-order valence-electron chi connectivity index (χ4n) is 3.23. The van der Waals surface area contributed by atoms with Gasteiger partial charge in [-0.25, -0.2) is 0 Å². The fourth-order valence-corrected chi connectivity index (χ4v) is 3.23. The summed E-state index contributed by atoms with van der Waals surface area (Å²) in [5.74, 6) is -1.28. The number of hydrogen-bond donors (Lipinski definition) is 1. The van der Waals surface area contributed by atoms with Gasteiger partial charge in [0.15, 0.2) is 0 Å². The Hall–Kier alpha value is -2.37. The number of carboxylic acids is 1. The van der Waals surface area contributed by atoms with Crippen molar-refractivity contribution in [1.29, 1.82) is 0 Å². The predicted octanol–water partition coefficient (Wildman–Crippen LogP) is 1.11. The van der Waals surface area contributed by atoms with Gasteiger partial charge in [-0.05, 0) is 30.9 Å². The summed E-state index contributed by atoms with van der Waals surface area (Å²) in [7, 11) is 0. The number of benzene rings is 1. The molecule has 6 nitrogen and oxygen atoms in total. The van der Waals surface area contributed by atoms with E-state index in [1.807, 2.05) is 12.2 Å². The van der Waals surface area contributed by atoms with Crippen molar-refractivity contribution in [2.24, 2.45) is 5.92 Å². The van der Waals surface area contributed by atoms with Crippen molar-refractivity contribution in [3.63, 3.8) is 0 Å². The maximum absolute atomic E-state index is 11.3. The third-order valence-corrected chi connectivity index (χ3v) is 4.22. The number of nitro groups is 1. The van der Waals surface area contributed by atoms with Crippen molar-refractivity contribution >= 4 is 17.3 Å². The van der Waals surface area contributed by atoms with Gasteiger partial charge in [0.05, 0.1) is 22.5 Å². The molecule has 0 aromatic heterocycles. The Morgan fingerprint density at radius 1 is 1.45 bits per heavy atom. The highest BCUT2D eigenvalue weighted by Crippen LogP contribution is 2.46. The molecule has 0 saturated carbocycles. The molecule has 0 amide bonds. The molecule has 0 bridgehead atoms. The average Bonchev–Trinajstić information content (AvgIpc) is 2.86. The van der Waals surface area contributed by atoms with E-state index >= 15 is 0 Å². The van der Waals surface area contributed by atoms with Gasteiger partial charge < -0.3 is 15.2 Å². The molecule has 0 radical (unpaired) electrons. The number of carboxylic acid groups (broad SMARTS) is 1. The SMILES string of the molecule is Cc1c([N+](=O)[O-])ccc2c1N[C@H](C(=O)[O-])[C@@H]1CC=C[C@H]21. The van der Waals surface area contributed by atoms with Gasteiger partial charge in [-0.2, -0.15) is 0 Å². The fraction of sp³-hybridized carbons (Fsp3) is 0.357. The maximum atomic E-state index is 11.3. The summed E-state index contributed by atoms with van der Waals surface area (Å²) in [6.45, 7) is 1.63. The number of nitrogens with one attached hydrogen (secondary N) is 1. The van der Waals surface area contributed by atoms with Gasteiger partial charge in [0, 0.05) is 17.7 Å². The second-order valence-electron chi connectivity index (χ2n) is 5.23. The number of nitro benzene ring substituents is 1. The second kappa shape index (κ2) is 4.33. The second-order valence-corrected chi connectivity index (χ2v) is 5.23. The summed E-state index contributed by atoms with van der Waals surface area (Å²) in [5.41, 5.74) is 1.94. The molecule has 3 rings (SSSR count). The third-order valence-electron chi connectivity index (χ3n) is 4.22. The molecule has 0 saturated heterocycles. The molecule has 3 atom stereocenters. The van der Waals surface area contributed by atoms with Crippen LogP contribution in [0.3, 0.4) is 0 Å². The first-order valence-electron chi connectivity index (χ1n) is 6.42. The molecule has 104 valence electrons. The highest BCUT2D eigenvalue weighted by Gasteiger charge is 2.39. The van der Waals surface area contributed by atoms with Gasteiger partial charge >= 0.3 is 0 Å². The van der Waals surface area contributed by atoms with E-state index in [0.29, 0.717) is 17.7 Å². The quantitative estimate of drug-likeness (QED) is 0.494. The maximum Gasteiger partial charge on any atom is 0.274 e. The van der Waals surface area contributed by atoms with Gasteiger partial charge in [0.25, 0.3) is 5.69 Å². The van der Waals surface area contributed by atoms with E-state index in [1.165, 1.54) is 6.07 Å². The highest BCUT2D eigenvalue weighted by molar-refractivity contribution is 5.81. The Bertz CT molecular complexity index is 638. The summed E-state index contributed by atoms with van der Waals surface area (Å²) in [6, 6.07) is 2.38. The topological polar surface area (TPSA) is 95.3 Å². The molecular weight excluding hydrogens is 260 g/mol. The number of rotatable bonds is 2. The van der Waals surface area contributed by atoms with Crippen molar-refractivity contribution in [2.75, 3.05) is 5.32 Å².